The predicted octanol–water partition coefficient (Wildman–Crippen LogP) is 1.93. The molecule has 1 amide bonds. The Bertz CT molecular complexity index is 286. The lowest BCUT2D eigenvalue weighted by Gasteiger charge is -2.29. The molecule has 1 rings (SSSR count). The number of carbonyl (C=O) groups is 1. The minimum absolute atomic E-state index is 0.0635. The largest absolute Gasteiger partial charge is 0.396 e. The Kier molecular flexibility index (Phi) is 7.52. The van der Waals surface area contributed by atoms with E-state index in [1.807, 2.05) is 0 Å². The highest BCUT2D eigenvalue weighted by Crippen LogP contribution is 2.23. The molecule has 0 aliphatic carbocycles. The van der Waals surface area contributed by atoms with Gasteiger partial charge in [0.2, 0.25) is 5.91 Å². The molecule has 1 aliphatic heterocycles. The van der Waals surface area contributed by atoms with E-state index < -0.39 is 0 Å². The molecule has 4 heteroatoms. The average molecular weight is 284 g/mol. The standard InChI is InChI=1S/C16H32N2O2/c1-13(14-6-4-8-17-11-14)10-15(20)18-12-16(2,3)7-5-9-19/h13-14,17,19H,4-12H2,1-3H3,(H,18,20). The van der Waals surface area contributed by atoms with Gasteiger partial charge in [0.25, 0.3) is 0 Å². The first-order chi connectivity index (χ1) is 9.44. The maximum absolute atomic E-state index is 12.0. The first-order valence-corrected chi connectivity index (χ1v) is 8.03. The molecule has 4 nitrogen and oxygen atoms in total. The lowest BCUT2D eigenvalue weighted by molar-refractivity contribution is -0.122. The van der Waals surface area contributed by atoms with E-state index in [1.54, 1.807) is 0 Å². The highest BCUT2D eigenvalue weighted by Gasteiger charge is 2.23. The molecule has 2 atom stereocenters. The molecule has 20 heavy (non-hydrogen) atoms. The molecule has 3 N–H and O–H groups in total. The minimum atomic E-state index is 0.0635. The van der Waals surface area contributed by atoms with Crippen LogP contribution >= 0.6 is 0 Å². The van der Waals surface area contributed by atoms with Crippen LogP contribution in [0.2, 0.25) is 0 Å². The van der Waals surface area contributed by atoms with Crippen LogP contribution in [0.25, 0.3) is 0 Å². The van der Waals surface area contributed by atoms with Crippen LogP contribution < -0.4 is 10.6 Å². The lowest BCUT2D eigenvalue weighted by atomic mass is 9.85. The van der Waals surface area contributed by atoms with Crippen molar-refractivity contribution in [1.82, 2.24) is 10.6 Å². The summed E-state index contributed by atoms with van der Waals surface area (Å²) in [6.07, 6.45) is 4.83. The van der Waals surface area contributed by atoms with Gasteiger partial charge in [-0.15, -0.1) is 0 Å². The molecule has 0 aromatic rings. The van der Waals surface area contributed by atoms with Gasteiger partial charge >= 0.3 is 0 Å². The summed E-state index contributed by atoms with van der Waals surface area (Å²) >= 11 is 0. The van der Waals surface area contributed by atoms with Crippen LogP contribution in [-0.4, -0.2) is 37.3 Å². The van der Waals surface area contributed by atoms with Crippen molar-refractivity contribution in [3.63, 3.8) is 0 Å². The topological polar surface area (TPSA) is 61.4 Å². The van der Waals surface area contributed by atoms with E-state index in [0.717, 1.165) is 25.9 Å². The highest BCUT2D eigenvalue weighted by atomic mass is 16.2. The molecule has 118 valence electrons. The summed E-state index contributed by atoms with van der Waals surface area (Å²) in [6, 6.07) is 0. The molecular weight excluding hydrogens is 252 g/mol. The van der Waals surface area contributed by atoms with Crippen LogP contribution in [0.1, 0.15) is 52.9 Å². The fourth-order valence-corrected chi connectivity index (χ4v) is 2.88. The monoisotopic (exact) mass is 284 g/mol. The minimum Gasteiger partial charge on any atom is -0.396 e. The molecule has 0 aromatic carbocycles. The number of amides is 1. The summed E-state index contributed by atoms with van der Waals surface area (Å²) in [4.78, 5) is 12.0. The fraction of sp³-hybridized carbons (Fsp3) is 0.938. The van der Waals surface area contributed by atoms with E-state index in [9.17, 15) is 4.79 Å². The van der Waals surface area contributed by atoms with Crippen molar-refractivity contribution >= 4 is 5.91 Å². The zero-order chi connectivity index (χ0) is 15.0. The van der Waals surface area contributed by atoms with Crippen molar-refractivity contribution in [2.75, 3.05) is 26.2 Å². The Morgan fingerprint density at radius 1 is 1.50 bits per heavy atom. The van der Waals surface area contributed by atoms with Crippen LogP contribution in [0.4, 0.5) is 0 Å². The van der Waals surface area contributed by atoms with Crippen molar-refractivity contribution in [2.45, 2.75) is 52.9 Å². The molecule has 0 bridgehead atoms. The van der Waals surface area contributed by atoms with Gasteiger partial charge in [-0.1, -0.05) is 20.8 Å². The zero-order valence-electron chi connectivity index (χ0n) is 13.4. The summed E-state index contributed by atoms with van der Waals surface area (Å²) in [5.41, 5.74) is 0.0635. The van der Waals surface area contributed by atoms with Crippen LogP contribution in [0.15, 0.2) is 0 Å². The maximum atomic E-state index is 12.0. The van der Waals surface area contributed by atoms with E-state index in [-0.39, 0.29) is 17.9 Å². The molecule has 0 saturated carbocycles. The maximum Gasteiger partial charge on any atom is 0.220 e. The molecule has 1 heterocycles. The summed E-state index contributed by atoms with van der Waals surface area (Å²) in [7, 11) is 0. The van der Waals surface area contributed by atoms with Gasteiger partial charge in [-0.25, -0.2) is 0 Å². The van der Waals surface area contributed by atoms with Crippen molar-refractivity contribution < 1.29 is 9.90 Å². The second-order valence-corrected chi connectivity index (χ2v) is 7.06. The van der Waals surface area contributed by atoms with E-state index >= 15 is 0 Å². The predicted molar refractivity (Wildman–Crippen MR) is 82.5 cm³/mol. The zero-order valence-corrected chi connectivity index (χ0v) is 13.4. The third-order valence-corrected chi connectivity index (χ3v) is 4.42. The van der Waals surface area contributed by atoms with Gasteiger partial charge in [-0.3, -0.25) is 4.79 Å². The van der Waals surface area contributed by atoms with Gasteiger partial charge in [0.1, 0.15) is 0 Å². The second-order valence-electron chi connectivity index (χ2n) is 7.06. The van der Waals surface area contributed by atoms with Crippen molar-refractivity contribution in [3.05, 3.63) is 0 Å². The molecule has 1 aliphatic rings. The summed E-state index contributed by atoms with van der Waals surface area (Å²) < 4.78 is 0. The molecule has 1 saturated heterocycles. The number of aliphatic hydroxyl groups is 1. The van der Waals surface area contributed by atoms with Crippen molar-refractivity contribution in [1.29, 1.82) is 0 Å². The number of rotatable bonds is 8. The van der Waals surface area contributed by atoms with E-state index in [4.69, 9.17) is 5.11 Å². The van der Waals surface area contributed by atoms with E-state index in [2.05, 4.69) is 31.4 Å². The average Bonchev–Trinajstić information content (AvgIpc) is 2.44. The quantitative estimate of drug-likeness (QED) is 0.638. The molecule has 2 unspecified atom stereocenters. The smallest absolute Gasteiger partial charge is 0.220 e. The van der Waals surface area contributed by atoms with E-state index in [1.165, 1.54) is 12.8 Å². The van der Waals surface area contributed by atoms with Crippen LogP contribution in [0, 0.1) is 17.3 Å². The number of hydrogen-bond acceptors (Lipinski definition) is 3. The lowest BCUT2D eigenvalue weighted by Crippen LogP contribution is -2.38. The number of piperidine rings is 1. The number of aliphatic hydroxyl groups excluding tert-OH is 1. The third-order valence-electron chi connectivity index (χ3n) is 4.42. The summed E-state index contributed by atoms with van der Waals surface area (Å²) in [5, 5.41) is 15.4. The summed E-state index contributed by atoms with van der Waals surface area (Å²) in [6.45, 7) is 9.55. The second kappa shape index (κ2) is 8.63. The van der Waals surface area contributed by atoms with Crippen LogP contribution in [0.5, 0.6) is 0 Å². The van der Waals surface area contributed by atoms with Crippen LogP contribution in [-0.2, 0) is 4.79 Å². The molecular formula is C16H32N2O2. The van der Waals surface area contributed by atoms with Gasteiger partial charge in [0.05, 0.1) is 0 Å². The third kappa shape index (κ3) is 6.71. The Morgan fingerprint density at radius 2 is 2.25 bits per heavy atom. The first-order valence-electron chi connectivity index (χ1n) is 8.03. The highest BCUT2D eigenvalue weighted by molar-refractivity contribution is 5.76. The van der Waals surface area contributed by atoms with Gasteiger partial charge in [0, 0.05) is 19.6 Å². The van der Waals surface area contributed by atoms with Gasteiger partial charge in [-0.2, -0.15) is 0 Å². The molecule has 1 fully saturated rings. The summed E-state index contributed by atoms with van der Waals surface area (Å²) in [5.74, 6) is 1.25. The van der Waals surface area contributed by atoms with Crippen LogP contribution in [0.3, 0.4) is 0 Å². The fourth-order valence-electron chi connectivity index (χ4n) is 2.88. The molecule has 0 spiro atoms. The van der Waals surface area contributed by atoms with Crippen molar-refractivity contribution in [3.8, 4) is 0 Å². The Morgan fingerprint density at radius 3 is 2.85 bits per heavy atom. The number of nitrogens with one attached hydrogen (secondary N) is 2. The first kappa shape index (κ1) is 17.4. The SMILES string of the molecule is CC(CC(=O)NCC(C)(C)CCCO)C1CCCNC1. The van der Waals surface area contributed by atoms with E-state index in [0.29, 0.717) is 24.8 Å². The number of hydrogen-bond donors (Lipinski definition) is 3. The Hall–Kier alpha value is -0.610. The molecule has 0 radical (unpaired) electrons. The van der Waals surface area contributed by atoms with Gasteiger partial charge < -0.3 is 15.7 Å². The normalized spacial score (nSPS) is 21.5. The Labute approximate surface area is 123 Å². The van der Waals surface area contributed by atoms with Crippen molar-refractivity contribution in [2.24, 2.45) is 17.3 Å². The number of carbonyl (C=O) groups excluding carboxylic acids is 1. The van der Waals surface area contributed by atoms with Gasteiger partial charge in [-0.05, 0) is 56.0 Å². The van der Waals surface area contributed by atoms with Gasteiger partial charge in [0.15, 0.2) is 0 Å². The molecule has 0 aromatic heterocycles. The Balaban J connectivity index is 2.25.